The second-order valence-electron chi connectivity index (χ2n) is 17.9. The molecule has 0 spiro atoms. The lowest BCUT2D eigenvalue weighted by atomic mass is 10.0. The molecule has 2 fully saturated rings. The molecular formula is C48H68N12O15S2. The van der Waals surface area contributed by atoms with Crippen LogP contribution in [0.5, 0.6) is 5.75 Å². The Morgan fingerprint density at radius 2 is 1.27 bits per heavy atom. The number of nitrogens with one attached hydrogen (secondary N) is 7. The SMILES string of the molecule is CC(=O)O.NCCCC[C@H](NC(=O)[C@@H]1CCCN1C(=O)[C@@H]1CSSC[C@H](N)C(=O)N[C@@H](Cc2ccc(O)cc2)C(=O)N[C@@H](Cc2ccccc2)C(=O)N[C@@H](CCC(N)=O)C(=O)N[C@@H](CC(N)=O)C(=O)N1)C(=O)NCC(=O)O. The van der Waals surface area contributed by atoms with Crippen LogP contribution in [0.3, 0.4) is 0 Å². The summed E-state index contributed by atoms with van der Waals surface area (Å²) in [6.45, 7) is 0.677. The number of carbonyl (C=O) groups is 12. The van der Waals surface area contributed by atoms with Crippen molar-refractivity contribution < 1.29 is 72.9 Å². The molecule has 2 aliphatic rings. The van der Waals surface area contributed by atoms with Gasteiger partial charge in [0, 0.05) is 44.2 Å². The molecule has 2 aromatic carbocycles. The molecule has 0 unspecified atom stereocenters. The van der Waals surface area contributed by atoms with Gasteiger partial charge in [0.1, 0.15) is 54.6 Å². The summed E-state index contributed by atoms with van der Waals surface area (Å²) in [5.41, 5.74) is 24.0. The summed E-state index contributed by atoms with van der Waals surface area (Å²) in [7, 11) is 2.01. The van der Waals surface area contributed by atoms with Crippen molar-refractivity contribution in [2.45, 2.75) is 119 Å². The molecule has 0 aromatic heterocycles. The maximum Gasteiger partial charge on any atom is 0.322 e. The van der Waals surface area contributed by atoms with Crippen LogP contribution in [0.2, 0.25) is 0 Å². The number of likely N-dealkylation sites (tertiary alicyclic amines) is 1. The Morgan fingerprint density at radius 1 is 0.727 bits per heavy atom. The molecule has 18 N–H and O–H groups in total. The average Bonchev–Trinajstić information content (AvgIpc) is 3.87. The van der Waals surface area contributed by atoms with Gasteiger partial charge in [-0.2, -0.15) is 0 Å². The van der Waals surface area contributed by atoms with Crippen LogP contribution in [-0.4, -0.2) is 171 Å². The molecule has 4 rings (SSSR count). The van der Waals surface area contributed by atoms with Crippen molar-refractivity contribution in [1.29, 1.82) is 0 Å². The van der Waals surface area contributed by atoms with Gasteiger partial charge in [-0.25, -0.2) is 0 Å². The van der Waals surface area contributed by atoms with E-state index in [0.29, 0.717) is 30.4 Å². The number of carboxylic acid groups (broad SMARTS) is 2. The lowest BCUT2D eigenvalue weighted by Gasteiger charge is -2.31. The lowest BCUT2D eigenvalue weighted by molar-refractivity contribution is -0.142. The van der Waals surface area contributed by atoms with Crippen molar-refractivity contribution >= 4 is 92.6 Å². The highest BCUT2D eigenvalue weighted by Crippen LogP contribution is 2.26. The van der Waals surface area contributed by atoms with E-state index in [9.17, 15) is 57.8 Å². The molecule has 77 heavy (non-hydrogen) atoms. The molecule has 27 nitrogen and oxygen atoms in total. The molecule has 2 aromatic rings. The molecular weight excluding hydrogens is 1050 g/mol. The predicted octanol–water partition coefficient (Wildman–Crippen LogP) is -3.64. The smallest absolute Gasteiger partial charge is 0.322 e. The lowest BCUT2D eigenvalue weighted by Crippen LogP contribution is -2.61. The second kappa shape index (κ2) is 32.8. The van der Waals surface area contributed by atoms with Crippen molar-refractivity contribution in [1.82, 2.24) is 42.1 Å². The van der Waals surface area contributed by atoms with E-state index in [1.165, 1.54) is 29.2 Å². The van der Waals surface area contributed by atoms with Crippen LogP contribution in [0.1, 0.15) is 69.4 Å². The minimum atomic E-state index is -1.79. The minimum absolute atomic E-state index is 0.0159. The highest BCUT2D eigenvalue weighted by Gasteiger charge is 2.40. The number of carbonyl (C=O) groups excluding carboxylic acids is 10. The molecule has 0 aliphatic carbocycles. The number of nitrogens with two attached hydrogens (primary N) is 4. The number of carboxylic acids is 2. The standard InChI is InChI=1S/C46H64N12O13S2.C2H4O2/c47-17-5-4-9-29(40(65)51-22-38(62)63)53-45(70)35-10-6-18-58(35)46(71)34-24-73-72-23-28(48)39(64)54-31(20-26-11-13-27(59)14-12-26)43(68)55-32(19-25-7-2-1-3-8-25)42(67)52-30(15-16-36(49)60)41(66)56-33(21-37(50)61)44(69)57-34;1-2(3)4/h1-3,7-8,11-14,28-35,59H,4-6,9-10,15-24,47-48H2,(H2,49,60)(H2,50,61)(H,51,65)(H,52,67)(H,53,70)(H,54,64)(H,55,68)(H,56,66)(H,57,69)(H,62,63);1H3,(H,3,4)/t28-,29-,30-,31-,32-,33-,34-,35-;/m0./s1. The van der Waals surface area contributed by atoms with E-state index >= 15 is 0 Å². The topological polar surface area (TPSA) is 457 Å². The summed E-state index contributed by atoms with van der Waals surface area (Å²) in [6, 6.07) is 2.94. The van der Waals surface area contributed by atoms with Gasteiger partial charge in [-0.05, 0) is 68.3 Å². The number of amides is 10. The molecule has 0 bridgehead atoms. The Kier molecular flexibility index (Phi) is 27.2. The third kappa shape index (κ3) is 23.1. The van der Waals surface area contributed by atoms with Crippen LogP contribution in [0.15, 0.2) is 54.6 Å². The molecule has 29 heteroatoms. The predicted molar refractivity (Wildman–Crippen MR) is 280 cm³/mol. The maximum atomic E-state index is 14.5. The number of nitrogens with zero attached hydrogens (tertiary/aromatic N) is 1. The Morgan fingerprint density at radius 3 is 1.86 bits per heavy atom. The number of phenolic OH excluding ortho intramolecular Hbond substituents is 1. The summed E-state index contributed by atoms with van der Waals surface area (Å²) >= 11 is 0. The molecule has 2 heterocycles. The van der Waals surface area contributed by atoms with Crippen LogP contribution < -0.4 is 60.2 Å². The molecule has 10 amide bonds. The number of aromatic hydroxyl groups is 1. The van der Waals surface area contributed by atoms with E-state index < -0.39 is 145 Å². The summed E-state index contributed by atoms with van der Waals surface area (Å²) in [5, 5.41) is 44.1. The molecule has 2 saturated heterocycles. The average molecular weight is 1120 g/mol. The summed E-state index contributed by atoms with van der Waals surface area (Å²) in [4.78, 5) is 158. The first-order valence-corrected chi connectivity index (χ1v) is 26.9. The molecule has 2 aliphatic heterocycles. The monoisotopic (exact) mass is 1120 g/mol. The fraction of sp³-hybridized carbons (Fsp3) is 0.500. The van der Waals surface area contributed by atoms with Crippen LogP contribution in [0.4, 0.5) is 0 Å². The largest absolute Gasteiger partial charge is 0.508 e. The van der Waals surface area contributed by atoms with E-state index in [4.69, 9.17) is 37.9 Å². The van der Waals surface area contributed by atoms with Crippen LogP contribution in [0.25, 0.3) is 0 Å². The molecule has 8 atom stereocenters. The fourth-order valence-electron chi connectivity index (χ4n) is 7.78. The highest BCUT2D eigenvalue weighted by molar-refractivity contribution is 8.76. The zero-order valence-corrected chi connectivity index (χ0v) is 43.9. The van der Waals surface area contributed by atoms with Crippen LogP contribution in [-0.2, 0) is 70.4 Å². The van der Waals surface area contributed by atoms with E-state index in [1.54, 1.807) is 30.3 Å². The van der Waals surface area contributed by atoms with Gasteiger partial charge in [0.15, 0.2) is 0 Å². The van der Waals surface area contributed by atoms with Gasteiger partial charge in [-0.3, -0.25) is 57.5 Å². The third-order valence-electron chi connectivity index (χ3n) is 11.6. The van der Waals surface area contributed by atoms with Crippen molar-refractivity contribution in [3.63, 3.8) is 0 Å². The number of hydrogen-bond donors (Lipinski definition) is 14. The third-order valence-corrected chi connectivity index (χ3v) is 14.1. The van der Waals surface area contributed by atoms with Gasteiger partial charge in [-0.15, -0.1) is 0 Å². The Hall–Kier alpha value is -7.50. The second-order valence-corrected chi connectivity index (χ2v) is 20.4. The number of rotatable bonds is 19. The van der Waals surface area contributed by atoms with Crippen molar-refractivity contribution in [2.75, 3.05) is 31.1 Å². The number of phenols is 1. The minimum Gasteiger partial charge on any atom is -0.508 e. The zero-order valence-electron chi connectivity index (χ0n) is 42.2. The van der Waals surface area contributed by atoms with E-state index in [0.717, 1.165) is 28.5 Å². The van der Waals surface area contributed by atoms with Gasteiger partial charge in [0.05, 0.1) is 12.5 Å². The Bertz CT molecular complexity index is 2400. The van der Waals surface area contributed by atoms with Crippen molar-refractivity contribution in [3.8, 4) is 5.75 Å². The summed E-state index contributed by atoms with van der Waals surface area (Å²) in [5.74, 6) is -11.5. The van der Waals surface area contributed by atoms with E-state index in [-0.39, 0.29) is 56.0 Å². The fourth-order valence-corrected chi connectivity index (χ4v) is 10.1. The number of unbranched alkanes of at least 4 members (excludes halogenated alkanes) is 1. The number of hydrogen-bond acceptors (Lipinski definition) is 17. The summed E-state index contributed by atoms with van der Waals surface area (Å²) < 4.78 is 0. The van der Waals surface area contributed by atoms with Gasteiger partial charge < -0.3 is 80.4 Å². The number of aliphatic carboxylic acids is 2. The normalized spacial score (nSPS) is 22.1. The van der Waals surface area contributed by atoms with Crippen LogP contribution >= 0.6 is 21.6 Å². The van der Waals surface area contributed by atoms with Gasteiger partial charge >= 0.3 is 5.97 Å². The summed E-state index contributed by atoms with van der Waals surface area (Å²) in [6.07, 6.45) is -0.547. The van der Waals surface area contributed by atoms with E-state index in [1.807, 2.05) is 0 Å². The zero-order chi connectivity index (χ0) is 57.2. The quantitative estimate of drug-likeness (QED) is 0.0477. The Balaban J connectivity index is 0.00000376. The highest BCUT2D eigenvalue weighted by atomic mass is 33.1. The number of benzene rings is 2. The molecule has 0 saturated carbocycles. The molecule has 422 valence electrons. The first-order valence-electron chi connectivity index (χ1n) is 24.4. The van der Waals surface area contributed by atoms with E-state index in [2.05, 4.69) is 37.2 Å². The van der Waals surface area contributed by atoms with Crippen molar-refractivity contribution in [2.24, 2.45) is 22.9 Å². The number of primary amides is 2. The Labute approximate surface area is 451 Å². The van der Waals surface area contributed by atoms with Gasteiger partial charge in [0.25, 0.3) is 5.97 Å². The van der Waals surface area contributed by atoms with Crippen molar-refractivity contribution in [3.05, 3.63) is 65.7 Å². The first kappa shape index (κ1) is 63.8. The molecule has 0 radical (unpaired) electrons. The van der Waals surface area contributed by atoms with Crippen LogP contribution in [0, 0.1) is 0 Å². The maximum absolute atomic E-state index is 14.5. The van der Waals surface area contributed by atoms with Gasteiger partial charge in [-0.1, -0.05) is 64.1 Å². The van der Waals surface area contributed by atoms with Gasteiger partial charge in [0.2, 0.25) is 59.1 Å². The first-order chi connectivity index (χ1) is 36.5.